The van der Waals surface area contributed by atoms with Gasteiger partial charge in [-0.15, -0.1) is 0 Å². The lowest BCUT2D eigenvalue weighted by Crippen LogP contribution is -2.41. The molecule has 4 heteroatoms. The van der Waals surface area contributed by atoms with E-state index in [2.05, 4.69) is 39.9 Å². The van der Waals surface area contributed by atoms with Gasteiger partial charge in [0.25, 0.3) is 0 Å². The number of hydrogen-bond donors (Lipinski definition) is 1. The second kappa shape index (κ2) is 7.42. The average molecular weight is 303 g/mol. The molecule has 0 spiro atoms. The van der Waals surface area contributed by atoms with Crippen LogP contribution in [0.2, 0.25) is 0 Å². The van der Waals surface area contributed by atoms with E-state index >= 15 is 0 Å². The zero-order valence-electron chi connectivity index (χ0n) is 13.7. The Morgan fingerprint density at radius 3 is 2.27 bits per heavy atom. The molecule has 0 bridgehead atoms. The predicted molar refractivity (Wildman–Crippen MR) is 90.2 cm³/mol. The molecule has 1 N–H and O–H groups in total. The van der Waals surface area contributed by atoms with Gasteiger partial charge >= 0.3 is 0 Å². The van der Waals surface area contributed by atoms with Crippen LogP contribution < -0.4 is 4.90 Å². The maximum atomic E-state index is 9.04. The Hall–Kier alpha value is -1.13. The molecule has 2 aliphatic rings. The largest absolute Gasteiger partial charge is 0.395 e. The first-order valence-corrected chi connectivity index (χ1v) is 8.78. The summed E-state index contributed by atoms with van der Waals surface area (Å²) in [4.78, 5) is 9.51. The zero-order valence-corrected chi connectivity index (χ0v) is 13.7. The fourth-order valence-corrected chi connectivity index (χ4v) is 4.09. The Balaban J connectivity index is 1.48. The fourth-order valence-electron chi connectivity index (χ4n) is 4.09. The van der Waals surface area contributed by atoms with Crippen LogP contribution in [0.1, 0.15) is 31.4 Å². The number of aliphatic hydroxyl groups is 1. The van der Waals surface area contributed by atoms with Crippen molar-refractivity contribution in [3.63, 3.8) is 0 Å². The number of aliphatic hydroxyl groups excluding tert-OH is 1. The highest BCUT2D eigenvalue weighted by Gasteiger charge is 2.29. The van der Waals surface area contributed by atoms with Crippen LogP contribution in [0, 0.1) is 18.8 Å². The number of piperidine rings is 2. The van der Waals surface area contributed by atoms with E-state index in [0.29, 0.717) is 6.61 Å². The van der Waals surface area contributed by atoms with Crippen molar-refractivity contribution < 1.29 is 5.11 Å². The van der Waals surface area contributed by atoms with Crippen molar-refractivity contribution >= 4 is 5.82 Å². The van der Waals surface area contributed by atoms with Gasteiger partial charge in [-0.2, -0.15) is 0 Å². The summed E-state index contributed by atoms with van der Waals surface area (Å²) >= 11 is 0. The van der Waals surface area contributed by atoms with Crippen LogP contribution in [0.5, 0.6) is 0 Å². The average Bonchev–Trinajstić information content (AvgIpc) is 2.56. The maximum absolute atomic E-state index is 9.04. The third-order valence-corrected chi connectivity index (χ3v) is 5.45. The summed E-state index contributed by atoms with van der Waals surface area (Å²) in [6, 6.07) is 6.32. The molecular weight excluding hydrogens is 274 g/mol. The SMILES string of the molecule is Cc1cccc(N2CCC(C3CCN(CCO)CC3)CC2)n1. The summed E-state index contributed by atoms with van der Waals surface area (Å²) in [5.74, 6) is 2.93. The van der Waals surface area contributed by atoms with Gasteiger partial charge in [0.1, 0.15) is 5.82 Å². The molecule has 2 fully saturated rings. The van der Waals surface area contributed by atoms with Gasteiger partial charge in [-0.3, -0.25) is 0 Å². The van der Waals surface area contributed by atoms with Crippen molar-refractivity contribution in [1.29, 1.82) is 0 Å². The van der Waals surface area contributed by atoms with E-state index in [9.17, 15) is 0 Å². The van der Waals surface area contributed by atoms with Crippen LogP contribution in [0.4, 0.5) is 5.82 Å². The zero-order chi connectivity index (χ0) is 15.4. The number of hydrogen-bond acceptors (Lipinski definition) is 4. The van der Waals surface area contributed by atoms with Crippen LogP contribution >= 0.6 is 0 Å². The van der Waals surface area contributed by atoms with Gasteiger partial charge in [-0.25, -0.2) is 4.98 Å². The highest BCUT2D eigenvalue weighted by molar-refractivity contribution is 5.39. The molecule has 4 nitrogen and oxygen atoms in total. The quantitative estimate of drug-likeness (QED) is 0.926. The van der Waals surface area contributed by atoms with Gasteiger partial charge in [0.15, 0.2) is 0 Å². The summed E-state index contributed by atoms with van der Waals surface area (Å²) in [6.07, 6.45) is 5.24. The first kappa shape index (κ1) is 15.8. The van der Waals surface area contributed by atoms with E-state index in [1.807, 2.05) is 0 Å². The van der Waals surface area contributed by atoms with Gasteiger partial charge in [-0.05, 0) is 69.7 Å². The van der Waals surface area contributed by atoms with Crippen molar-refractivity contribution in [3.8, 4) is 0 Å². The molecule has 0 atom stereocenters. The van der Waals surface area contributed by atoms with Crippen molar-refractivity contribution in [2.45, 2.75) is 32.6 Å². The highest BCUT2D eigenvalue weighted by Crippen LogP contribution is 2.33. The Labute approximate surface area is 134 Å². The molecule has 0 aliphatic carbocycles. The monoisotopic (exact) mass is 303 g/mol. The van der Waals surface area contributed by atoms with Crippen LogP contribution in [-0.4, -0.2) is 54.3 Å². The molecule has 2 saturated heterocycles. The molecule has 0 amide bonds. The first-order valence-electron chi connectivity index (χ1n) is 8.78. The van der Waals surface area contributed by atoms with Gasteiger partial charge in [0.05, 0.1) is 6.61 Å². The van der Waals surface area contributed by atoms with Crippen LogP contribution in [0.25, 0.3) is 0 Å². The maximum Gasteiger partial charge on any atom is 0.128 e. The number of aryl methyl sites for hydroxylation is 1. The second-order valence-electron chi connectivity index (χ2n) is 6.86. The Bertz CT molecular complexity index is 463. The molecule has 1 aromatic heterocycles. The van der Waals surface area contributed by atoms with Gasteiger partial charge < -0.3 is 14.9 Å². The molecule has 22 heavy (non-hydrogen) atoms. The predicted octanol–water partition coefficient (Wildman–Crippen LogP) is 2.31. The van der Waals surface area contributed by atoms with Crippen molar-refractivity contribution in [2.75, 3.05) is 44.2 Å². The Morgan fingerprint density at radius 2 is 1.68 bits per heavy atom. The number of pyridine rings is 1. The Kier molecular flexibility index (Phi) is 5.32. The number of nitrogens with zero attached hydrogens (tertiary/aromatic N) is 3. The number of likely N-dealkylation sites (tertiary alicyclic amines) is 1. The molecule has 0 radical (unpaired) electrons. The molecule has 122 valence electrons. The lowest BCUT2D eigenvalue weighted by atomic mass is 9.79. The van der Waals surface area contributed by atoms with E-state index in [0.717, 1.165) is 43.0 Å². The number of β-amino-alcohol motifs (C(OH)–C–C–N with tert-alkyl or cyclic N) is 1. The fraction of sp³-hybridized carbons (Fsp3) is 0.722. The van der Waals surface area contributed by atoms with Crippen molar-refractivity contribution in [1.82, 2.24) is 9.88 Å². The van der Waals surface area contributed by atoms with E-state index < -0.39 is 0 Å². The molecule has 0 saturated carbocycles. The number of aromatic nitrogens is 1. The van der Waals surface area contributed by atoms with Crippen molar-refractivity contribution in [2.24, 2.45) is 11.8 Å². The highest BCUT2D eigenvalue weighted by atomic mass is 16.3. The third-order valence-electron chi connectivity index (χ3n) is 5.45. The number of anilines is 1. The molecule has 3 heterocycles. The van der Waals surface area contributed by atoms with E-state index in [4.69, 9.17) is 5.11 Å². The lowest BCUT2D eigenvalue weighted by Gasteiger charge is -2.40. The molecular formula is C18H29N3O. The molecule has 1 aromatic rings. The van der Waals surface area contributed by atoms with E-state index in [-0.39, 0.29) is 0 Å². The lowest BCUT2D eigenvalue weighted by molar-refractivity contribution is 0.115. The molecule has 0 unspecified atom stereocenters. The van der Waals surface area contributed by atoms with Crippen LogP contribution in [0.15, 0.2) is 18.2 Å². The number of rotatable bonds is 4. The summed E-state index contributed by atoms with van der Waals surface area (Å²) in [7, 11) is 0. The minimum Gasteiger partial charge on any atom is -0.395 e. The van der Waals surface area contributed by atoms with Gasteiger partial charge in [0.2, 0.25) is 0 Å². The topological polar surface area (TPSA) is 39.6 Å². The summed E-state index contributed by atoms with van der Waals surface area (Å²) < 4.78 is 0. The van der Waals surface area contributed by atoms with Crippen molar-refractivity contribution in [3.05, 3.63) is 23.9 Å². The molecule has 3 rings (SSSR count). The normalized spacial score (nSPS) is 22.2. The van der Waals surface area contributed by atoms with Crippen LogP contribution in [-0.2, 0) is 0 Å². The standard InChI is InChI=1S/C18H29N3O/c1-15-3-2-4-18(19-15)21-11-7-17(8-12-21)16-5-9-20(10-6-16)13-14-22/h2-4,16-17,22H,5-14H2,1H3. The van der Waals surface area contributed by atoms with Crippen LogP contribution in [0.3, 0.4) is 0 Å². The second-order valence-corrected chi connectivity index (χ2v) is 6.86. The molecule has 0 aromatic carbocycles. The smallest absolute Gasteiger partial charge is 0.128 e. The summed E-state index contributed by atoms with van der Waals surface area (Å²) in [5.41, 5.74) is 1.11. The van der Waals surface area contributed by atoms with E-state index in [1.54, 1.807) is 0 Å². The summed E-state index contributed by atoms with van der Waals surface area (Å²) in [5, 5.41) is 9.04. The third kappa shape index (κ3) is 3.79. The van der Waals surface area contributed by atoms with Gasteiger partial charge in [-0.1, -0.05) is 6.07 Å². The first-order chi connectivity index (χ1) is 10.8. The molecule has 2 aliphatic heterocycles. The van der Waals surface area contributed by atoms with E-state index in [1.165, 1.54) is 38.8 Å². The summed E-state index contributed by atoms with van der Waals surface area (Å²) in [6.45, 7) is 7.86. The van der Waals surface area contributed by atoms with Gasteiger partial charge in [0, 0.05) is 25.3 Å². The minimum absolute atomic E-state index is 0.298. The Morgan fingerprint density at radius 1 is 1.05 bits per heavy atom. The minimum atomic E-state index is 0.298.